The summed E-state index contributed by atoms with van der Waals surface area (Å²) >= 11 is 3.35. The molecule has 0 spiro atoms. The van der Waals surface area contributed by atoms with Crippen molar-refractivity contribution in [2.75, 3.05) is 5.32 Å². The van der Waals surface area contributed by atoms with Gasteiger partial charge in [-0.05, 0) is 37.5 Å². The maximum absolute atomic E-state index is 11.0. The molecule has 0 aliphatic rings. The van der Waals surface area contributed by atoms with Crippen LogP contribution in [0.5, 0.6) is 0 Å². The third kappa shape index (κ3) is 4.56. The smallest absolute Gasteiger partial charge is 0.292 e. The maximum atomic E-state index is 11.0. The van der Waals surface area contributed by atoms with Crippen molar-refractivity contribution in [3.05, 3.63) is 68.7 Å². The van der Waals surface area contributed by atoms with E-state index in [2.05, 4.69) is 33.4 Å². The van der Waals surface area contributed by atoms with Crippen LogP contribution < -0.4 is 5.32 Å². The zero-order valence-corrected chi connectivity index (χ0v) is 13.3. The molecular formula is C16H17BrN2O2. The predicted molar refractivity (Wildman–Crippen MR) is 88.6 cm³/mol. The lowest BCUT2D eigenvalue weighted by molar-refractivity contribution is -0.384. The normalized spacial score (nSPS) is 11.9. The zero-order chi connectivity index (χ0) is 15.2. The van der Waals surface area contributed by atoms with Crippen LogP contribution in [-0.4, -0.2) is 11.0 Å². The molecule has 2 aromatic rings. The highest BCUT2D eigenvalue weighted by molar-refractivity contribution is 9.10. The molecule has 2 rings (SSSR count). The molecule has 0 amide bonds. The SMILES string of the molecule is CC(CCc1ccccc1)Nc1cc(Br)ccc1[N+](=O)[O-]. The Morgan fingerprint density at radius 3 is 2.62 bits per heavy atom. The second-order valence-electron chi connectivity index (χ2n) is 4.99. The molecule has 2 aromatic carbocycles. The van der Waals surface area contributed by atoms with Crippen molar-refractivity contribution in [3.8, 4) is 0 Å². The lowest BCUT2D eigenvalue weighted by Gasteiger charge is -2.15. The van der Waals surface area contributed by atoms with Gasteiger partial charge in [-0.25, -0.2) is 0 Å². The third-order valence-corrected chi connectivity index (χ3v) is 3.76. The number of rotatable bonds is 6. The average molecular weight is 349 g/mol. The Morgan fingerprint density at radius 2 is 1.95 bits per heavy atom. The number of nitro benzene ring substituents is 1. The number of benzene rings is 2. The molecule has 0 bridgehead atoms. The van der Waals surface area contributed by atoms with Crippen molar-refractivity contribution in [2.45, 2.75) is 25.8 Å². The van der Waals surface area contributed by atoms with E-state index in [1.807, 2.05) is 25.1 Å². The number of aryl methyl sites for hydroxylation is 1. The summed E-state index contributed by atoms with van der Waals surface area (Å²) in [6.45, 7) is 2.04. The molecule has 0 aromatic heterocycles. The summed E-state index contributed by atoms with van der Waals surface area (Å²) in [5.41, 5.74) is 1.93. The van der Waals surface area contributed by atoms with Crippen molar-refractivity contribution < 1.29 is 4.92 Å². The molecule has 0 saturated heterocycles. The first-order valence-corrected chi connectivity index (χ1v) is 7.60. The van der Waals surface area contributed by atoms with Gasteiger partial charge in [0.25, 0.3) is 5.69 Å². The summed E-state index contributed by atoms with van der Waals surface area (Å²) in [5.74, 6) is 0. The Balaban J connectivity index is 2.01. The molecule has 21 heavy (non-hydrogen) atoms. The molecule has 0 radical (unpaired) electrons. The summed E-state index contributed by atoms with van der Waals surface area (Å²) < 4.78 is 0.825. The second kappa shape index (κ2) is 7.22. The van der Waals surface area contributed by atoms with Gasteiger partial charge >= 0.3 is 0 Å². The second-order valence-corrected chi connectivity index (χ2v) is 5.90. The van der Waals surface area contributed by atoms with Gasteiger partial charge in [-0.2, -0.15) is 0 Å². The summed E-state index contributed by atoms with van der Waals surface area (Å²) in [6.07, 6.45) is 1.85. The molecule has 0 heterocycles. The van der Waals surface area contributed by atoms with Gasteiger partial charge in [-0.15, -0.1) is 0 Å². The van der Waals surface area contributed by atoms with Gasteiger partial charge in [0.05, 0.1) is 4.92 Å². The molecule has 1 unspecified atom stereocenters. The number of hydrogen-bond acceptors (Lipinski definition) is 3. The minimum absolute atomic E-state index is 0.102. The lowest BCUT2D eigenvalue weighted by Crippen LogP contribution is -2.17. The van der Waals surface area contributed by atoms with Gasteiger partial charge in [0, 0.05) is 16.6 Å². The fraction of sp³-hybridized carbons (Fsp3) is 0.250. The van der Waals surface area contributed by atoms with E-state index in [9.17, 15) is 10.1 Å². The van der Waals surface area contributed by atoms with E-state index in [-0.39, 0.29) is 16.7 Å². The first kappa shape index (κ1) is 15.5. The van der Waals surface area contributed by atoms with E-state index in [4.69, 9.17) is 0 Å². The van der Waals surface area contributed by atoms with Crippen LogP contribution in [0.4, 0.5) is 11.4 Å². The predicted octanol–water partition coefficient (Wildman–Crippen LogP) is 4.79. The van der Waals surface area contributed by atoms with E-state index in [1.165, 1.54) is 11.6 Å². The Morgan fingerprint density at radius 1 is 1.24 bits per heavy atom. The fourth-order valence-corrected chi connectivity index (χ4v) is 2.51. The van der Waals surface area contributed by atoms with Crippen molar-refractivity contribution in [2.24, 2.45) is 0 Å². The van der Waals surface area contributed by atoms with Crippen LogP contribution in [0.25, 0.3) is 0 Å². The van der Waals surface area contributed by atoms with Gasteiger partial charge in [0.1, 0.15) is 5.69 Å². The molecule has 5 heteroatoms. The van der Waals surface area contributed by atoms with E-state index in [0.717, 1.165) is 17.3 Å². The number of nitrogens with one attached hydrogen (secondary N) is 1. The molecule has 4 nitrogen and oxygen atoms in total. The minimum atomic E-state index is -0.362. The first-order chi connectivity index (χ1) is 10.1. The van der Waals surface area contributed by atoms with Crippen molar-refractivity contribution in [1.29, 1.82) is 0 Å². The van der Waals surface area contributed by atoms with Crippen molar-refractivity contribution in [3.63, 3.8) is 0 Å². The molecule has 0 saturated carbocycles. The molecule has 1 atom stereocenters. The number of anilines is 1. The molecule has 0 aliphatic heterocycles. The van der Waals surface area contributed by atoms with Gasteiger partial charge < -0.3 is 5.32 Å². The van der Waals surface area contributed by atoms with E-state index >= 15 is 0 Å². The van der Waals surface area contributed by atoms with Crippen LogP contribution in [0.15, 0.2) is 53.0 Å². The standard InChI is InChI=1S/C16H17BrN2O2/c1-12(7-8-13-5-3-2-4-6-13)18-15-11-14(17)9-10-16(15)19(20)21/h2-6,9-12,18H,7-8H2,1H3. The van der Waals surface area contributed by atoms with E-state index < -0.39 is 0 Å². The highest BCUT2D eigenvalue weighted by Crippen LogP contribution is 2.28. The Labute approximate surface area is 132 Å². The van der Waals surface area contributed by atoms with Gasteiger partial charge in [0.2, 0.25) is 0 Å². The van der Waals surface area contributed by atoms with E-state index in [0.29, 0.717) is 5.69 Å². The number of halogens is 1. The van der Waals surface area contributed by atoms with Crippen LogP contribution in [0.1, 0.15) is 18.9 Å². The summed E-state index contributed by atoms with van der Waals surface area (Å²) in [7, 11) is 0. The number of nitrogens with zero attached hydrogens (tertiary/aromatic N) is 1. The van der Waals surface area contributed by atoms with Crippen LogP contribution in [0.3, 0.4) is 0 Å². The van der Waals surface area contributed by atoms with Crippen LogP contribution >= 0.6 is 15.9 Å². The average Bonchev–Trinajstić information content (AvgIpc) is 2.46. The Bertz CT molecular complexity index is 617. The monoisotopic (exact) mass is 348 g/mol. The van der Waals surface area contributed by atoms with Crippen molar-refractivity contribution in [1.82, 2.24) is 0 Å². The topological polar surface area (TPSA) is 55.2 Å². The number of nitro groups is 1. The summed E-state index contributed by atoms with van der Waals surface area (Å²) in [6, 6.07) is 15.3. The molecule has 1 N–H and O–H groups in total. The quantitative estimate of drug-likeness (QED) is 0.603. The zero-order valence-electron chi connectivity index (χ0n) is 11.8. The highest BCUT2D eigenvalue weighted by Gasteiger charge is 2.15. The van der Waals surface area contributed by atoms with E-state index in [1.54, 1.807) is 12.1 Å². The number of hydrogen-bond donors (Lipinski definition) is 1. The fourth-order valence-electron chi connectivity index (χ4n) is 2.15. The Kier molecular flexibility index (Phi) is 5.33. The maximum Gasteiger partial charge on any atom is 0.292 e. The van der Waals surface area contributed by atoms with Gasteiger partial charge in [-0.3, -0.25) is 10.1 Å². The van der Waals surface area contributed by atoms with Crippen LogP contribution in [0, 0.1) is 10.1 Å². The van der Waals surface area contributed by atoms with Gasteiger partial charge in [-0.1, -0.05) is 46.3 Å². The summed E-state index contributed by atoms with van der Waals surface area (Å²) in [5, 5.41) is 14.3. The first-order valence-electron chi connectivity index (χ1n) is 6.80. The van der Waals surface area contributed by atoms with Crippen molar-refractivity contribution >= 4 is 27.3 Å². The molecule has 110 valence electrons. The van der Waals surface area contributed by atoms with Crippen LogP contribution in [0.2, 0.25) is 0 Å². The van der Waals surface area contributed by atoms with Gasteiger partial charge in [0.15, 0.2) is 0 Å². The summed E-state index contributed by atoms with van der Waals surface area (Å²) in [4.78, 5) is 10.7. The molecule has 0 fully saturated rings. The Hall–Kier alpha value is -1.88. The third-order valence-electron chi connectivity index (χ3n) is 3.27. The lowest BCUT2D eigenvalue weighted by atomic mass is 10.1. The largest absolute Gasteiger partial charge is 0.377 e. The minimum Gasteiger partial charge on any atom is -0.377 e. The molecule has 0 aliphatic carbocycles. The highest BCUT2D eigenvalue weighted by atomic mass is 79.9. The van der Waals surface area contributed by atoms with Crippen LogP contribution in [-0.2, 0) is 6.42 Å². The molecular weight excluding hydrogens is 332 g/mol.